The number of likely N-dealkylation sites (tertiary alicyclic amines) is 1. The number of carbonyl (C=O) groups excluding carboxylic acids is 3. The van der Waals surface area contributed by atoms with E-state index in [1.165, 1.54) is 11.6 Å². The molecule has 1 atom stereocenters. The van der Waals surface area contributed by atoms with E-state index in [2.05, 4.69) is 17.4 Å². The van der Waals surface area contributed by atoms with Crippen LogP contribution in [-0.2, 0) is 21.5 Å². The van der Waals surface area contributed by atoms with Crippen molar-refractivity contribution < 1.29 is 14.4 Å². The number of hydrogen-bond donors (Lipinski definition) is 1. The molecule has 2 fully saturated rings. The second-order valence-corrected chi connectivity index (χ2v) is 9.43. The van der Waals surface area contributed by atoms with E-state index >= 15 is 0 Å². The molecule has 1 N–H and O–H groups in total. The monoisotopic (exact) mass is 473 g/mol. The highest BCUT2D eigenvalue weighted by atomic mass is 35.5. The SMILES string of the molecule is C[C@]1(c2ccc(Cl)cc2Cl)NC(=O)N(CC(=O)N2CCC(Cc3ccccc3)CC2)C1=O. The smallest absolute Gasteiger partial charge is 0.325 e. The van der Waals surface area contributed by atoms with Crippen molar-refractivity contribution >= 4 is 41.0 Å². The molecule has 8 heteroatoms. The summed E-state index contributed by atoms with van der Waals surface area (Å²) in [6.45, 7) is 2.55. The van der Waals surface area contributed by atoms with Crippen molar-refractivity contribution in [1.29, 1.82) is 0 Å². The minimum absolute atomic E-state index is 0.224. The van der Waals surface area contributed by atoms with Gasteiger partial charge in [-0.3, -0.25) is 14.5 Å². The molecule has 0 unspecified atom stereocenters. The highest BCUT2D eigenvalue weighted by molar-refractivity contribution is 6.35. The number of benzene rings is 2. The third-order valence-corrected chi connectivity index (χ3v) is 6.92. The van der Waals surface area contributed by atoms with Gasteiger partial charge in [0.15, 0.2) is 0 Å². The summed E-state index contributed by atoms with van der Waals surface area (Å²) in [6, 6.07) is 14.5. The third-order valence-electron chi connectivity index (χ3n) is 6.37. The predicted molar refractivity (Wildman–Crippen MR) is 124 cm³/mol. The minimum atomic E-state index is -1.35. The van der Waals surface area contributed by atoms with Crippen LogP contribution in [0.2, 0.25) is 10.0 Å². The van der Waals surface area contributed by atoms with Crippen LogP contribution in [0.25, 0.3) is 0 Å². The van der Waals surface area contributed by atoms with Crippen LogP contribution in [0.3, 0.4) is 0 Å². The molecule has 2 aromatic rings. The van der Waals surface area contributed by atoms with E-state index in [1.807, 2.05) is 18.2 Å². The van der Waals surface area contributed by atoms with Crippen molar-refractivity contribution in [3.8, 4) is 0 Å². The van der Waals surface area contributed by atoms with E-state index < -0.39 is 17.5 Å². The van der Waals surface area contributed by atoms with Crippen LogP contribution < -0.4 is 5.32 Å². The van der Waals surface area contributed by atoms with Gasteiger partial charge in [0.1, 0.15) is 12.1 Å². The summed E-state index contributed by atoms with van der Waals surface area (Å²) in [4.78, 5) is 41.3. The lowest BCUT2D eigenvalue weighted by Gasteiger charge is -2.33. The minimum Gasteiger partial charge on any atom is -0.341 e. The van der Waals surface area contributed by atoms with Gasteiger partial charge in [0.2, 0.25) is 5.91 Å². The van der Waals surface area contributed by atoms with E-state index in [0.29, 0.717) is 29.6 Å². The van der Waals surface area contributed by atoms with Crippen LogP contribution in [0.15, 0.2) is 48.5 Å². The largest absolute Gasteiger partial charge is 0.341 e. The van der Waals surface area contributed by atoms with Gasteiger partial charge in [0, 0.05) is 28.7 Å². The number of piperidine rings is 1. The quantitative estimate of drug-likeness (QED) is 0.660. The summed E-state index contributed by atoms with van der Waals surface area (Å²) in [7, 11) is 0. The Hall–Kier alpha value is -2.57. The van der Waals surface area contributed by atoms with Gasteiger partial charge in [-0.05, 0) is 49.8 Å². The van der Waals surface area contributed by atoms with Gasteiger partial charge in [-0.2, -0.15) is 0 Å². The molecule has 6 nitrogen and oxygen atoms in total. The number of rotatable bonds is 5. The van der Waals surface area contributed by atoms with Crippen LogP contribution in [0.1, 0.15) is 30.9 Å². The molecule has 0 radical (unpaired) electrons. The van der Waals surface area contributed by atoms with Gasteiger partial charge in [0.05, 0.1) is 0 Å². The molecule has 4 rings (SSSR count). The molecule has 2 aliphatic heterocycles. The van der Waals surface area contributed by atoms with Crippen LogP contribution in [0, 0.1) is 5.92 Å². The fraction of sp³-hybridized carbons (Fsp3) is 0.375. The van der Waals surface area contributed by atoms with E-state index in [4.69, 9.17) is 23.2 Å². The summed E-state index contributed by atoms with van der Waals surface area (Å²) in [5.41, 5.74) is 0.400. The third kappa shape index (κ3) is 4.48. The molecule has 32 heavy (non-hydrogen) atoms. The highest BCUT2D eigenvalue weighted by Gasteiger charge is 2.50. The molecule has 2 heterocycles. The summed E-state index contributed by atoms with van der Waals surface area (Å²) in [6.07, 6.45) is 2.80. The van der Waals surface area contributed by atoms with Crippen molar-refractivity contribution in [2.45, 2.75) is 31.7 Å². The topological polar surface area (TPSA) is 69.7 Å². The van der Waals surface area contributed by atoms with Crippen LogP contribution >= 0.6 is 23.2 Å². The lowest BCUT2D eigenvalue weighted by atomic mass is 9.90. The number of halogens is 2. The zero-order chi connectivity index (χ0) is 22.9. The molecule has 0 aromatic heterocycles. The van der Waals surface area contributed by atoms with Gasteiger partial charge >= 0.3 is 6.03 Å². The molecule has 2 aromatic carbocycles. The Kier molecular flexibility index (Phi) is 6.45. The number of nitrogens with one attached hydrogen (secondary N) is 1. The molecule has 0 saturated carbocycles. The maximum absolute atomic E-state index is 13.1. The van der Waals surface area contributed by atoms with Crippen LogP contribution in [0.5, 0.6) is 0 Å². The fourth-order valence-corrected chi connectivity index (χ4v) is 5.08. The van der Waals surface area contributed by atoms with Crippen molar-refractivity contribution in [3.63, 3.8) is 0 Å². The molecule has 0 aliphatic carbocycles. The van der Waals surface area contributed by atoms with E-state index in [9.17, 15) is 14.4 Å². The first-order chi connectivity index (χ1) is 15.3. The molecule has 0 spiro atoms. The number of carbonyl (C=O) groups is 3. The lowest BCUT2D eigenvalue weighted by Crippen LogP contribution is -2.47. The number of imide groups is 1. The number of amides is 4. The molecule has 2 aliphatic rings. The molecule has 168 valence electrons. The van der Waals surface area contributed by atoms with Crippen molar-refractivity contribution in [2.75, 3.05) is 19.6 Å². The van der Waals surface area contributed by atoms with Crippen LogP contribution in [0.4, 0.5) is 4.79 Å². The molecule has 4 amide bonds. The maximum atomic E-state index is 13.1. The zero-order valence-corrected chi connectivity index (χ0v) is 19.3. The highest BCUT2D eigenvalue weighted by Crippen LogP contribution is 2.35. The molecule has 2 saturated heterocycles. The summed E-state index contributed by atoms with van der Waals surface area (Å²) >= 11 is 12.2. The van der Waals surface area contributed by atoms with Crippen LogP contribution in [-0.4, -0.2) is 47.3 Å². The van der Waals surface area contributed by atoms with E-state index in [1.54, 1.807) is 24.0 Å². The predicted octanol–water partition coefficient (Wildman–Crippen LogP) is 4.24. The summed E-state index contributed by atoms with van der Waals surface area (Å²) < 4.78 is 0. The Labute approximate surface area is 197 Å². The normalized spacial score (nSPS) is 21.7. The molecule has 0 bridgehead atoms. The van der Waals surface area contributed by atoms with Gasteiger partial charge in [0.25, 0.3) is 5.91 Å². The second kappa shape index (κ2) is 9.12. The Balaban J connectivity index is 1.37. The number of hydrogen-bond acceptors (Lipinski definition) is 3. The first kappa shape index (κ1) is 22.6. The Morgan fingerprint density at radius 3 is 2.44 bits per heavy atom. The molecular formula is C24H25Cl2N3O3. The number of urea groups is 1. The Morgan fingerprint density at radius 1 is 1.09 bits per heavy atom. The standard InChI is InChI=1S/C24H25Cl2N3O3/c1-24(19-8-7-18(25)14-20(19)26)22(31)29(23(32)27-24)15-21(30)28-11-9-17(10-12-28)13-16-5-3-2-4-6-16/h2-8,14,17H,9-13,15H2,1H3,(H,27,32)/t24-/m1/s1. The average molecular weight is 474 g/mol. The van der Waals surface area contributed by atoms with E-state index in [-0.39, 0.29) is 17.5 Å². The first-order valence-electron chi connectivity index (χ1n) is 10.7. The fourth-order valence-electron chi connectivity index (χ4n) is 4.49. The molecular weight excluding hydrogens is 449 g/mol. The Morgan fingerprint density at radius 2 is 1.78 bits per heavy atom. The van der Waals surface area contributed by atoms with E-state index in [0.717, 1.165) is 24.2 Å². The summed E-state index contributed by atoms with van der Waals surface area (Å²) in [5.74, 6) is -0.203. The van der Waals surface area contributed by atoms with Gasteiger partial charge < -0.3 is 10.2 Å². The number of nitrogens with zero attached hydrogens (tertiary/aromatic N) is 2. The summed E-state index contributed by atoms with van der Waals surface area (Å²) in [5, 5.41) is 3.40. The van der Waals surface area contributed by atoms with Crippen molar-refractivity contribution in [1.82, 2.24) is 15.1 Å². The Bertz CT molecular complexity index is 1040. The van der Waals surface area contributed by atoms with Gasteiger partial charge in [-0.25, -0.2) is 4.79 Å². The average Bonchev–Trinajstić information content (AvgIpc) is 2.98. The van der Waals surface area contributed by atoms with Gasteiger partial charge in [-0.15, -0.1) is 0 Å². The van der Waals surface area contributed by atoms with Crippen molar-refractivity contribution in [3.05, 3.63) is 69.7 Å². The van der Waals surface area contributed by atoms with Gasteiger partial charge in [-0.1, -0.05) is 59.6 Å². The van der Waals surface area contributed by atoms with Crippen molar-refractivity contribution in [2.24, 2.45) is 5.92 Å². The maximum Gasteiger partial charge on any atom is 0.325 e. The second-order valence-electron chi connectivity index (χ2n) is 8.58. The lowest BCUT2D eigenvalue weighted by molar-refractivity contribution is -0.139. The zero-order valence-electron chi connectivity index (χ0n) is 17.8. The first-order valence-corrected chi connectivity index (χ1v) is 11.4.